The number of piperidine rings is 1. The Morgan fingerprint density at radius 1 is 0.897 bits per heavy atom. The molecule has 0 unspecified atom stereocenters. The molecule has 0 atom stereocenters. The third-order valence-corrected chi connectivity index (χ3v) is 7.19. The Balaban J connectivity index is 1.30. The second-order valence-corrected chi connectivity index (χ2v) is 9.79. The van der Waals surface area contributed by atoms with Gasteiger partial charge >= 0.3 is 0 Å². The summed E-state index contributed by atoms with van der Waals surface area (Å²) in [5.41, 5.74) is 1.81. The van der Waals surface area contributed by atoms with Crippen molar-refractivity contribution < 1.29 is 18.1 Å². The average Bonchev–Trinajstić information content (AvgIpc) is 3.54. The molecule has 0 bridgehead atoms. The quantitative estimate of drug-likeness (QED) is 0.635. The van der Waals surface area contributed by atoms with E-state index in [1.54, 1.807) is 12.1 Å². The number of hydrogen-bond acceptors (Lipinski definition) is 3. The van der Waals surface area contributed by atoms with Crippen LogP contribution in [0.4, 0.5) is 0 Å². The van der Waals surface area contributed by atoms with E-state index in [4.69, 9.17) is 0 Å². The van der Waals surface area contributed by atoms with Crippen LogP contribution in [0, 0.1) is 0 Å². The molecule has 2 aromatic rings. The number of quaternary nitrogens is 1. The van der Waals surface area contributed by atoms with Gasteiger partial charge in [-0.3, -0.25) is 4.79 Å². The highest BCUT2D eigenvalue weighted by Crippen LogP contribution is 2.20. The molecule has 1 aliphatic heterocycles. The molecule has 0 radical (unpaired) electrons. The maximum absolute atomic E-state index is 12.7. The van der Waals surface area contributed by atoms with Gasteiger partial charge in [0.05, 0.1) is 18.0 Å². The number of carbonyl (C=O) groups is 1. The van der Waals surface area contributed by atoms with Crippen LogP contribution in [-0.4, -0.2) is 39.5 Å². The summed E-state index contributed by atoms with van der Waals surface area (Å²) in [7, 11) is -3.58. The van der Waals surface area contributed by atoms with Crippen molar-refractivity contribution in [1.82, 2.24) is 10.0 Å². The summed E-state index contributed by atoms with van der Waals surface area (Å²) in [4.78, 5) is 13.7. The number of rotatable bonds is 7. The Hall–Kier alpha value is -2.22. The average molecular weight is 415 g/mol. The van der Waals surface area contributed by atoms with Crippen LogP contribution >= 0.6 is 0 Å². The summed E-state index contributed by atoms with van der Waals surface area (Å²) < 4.78 is 28.3. The van der Waals surface area contributed by atoms with E-state index < -0.39 is 10.0 Å². The van der Waals surface area contributed by atoms with Crippen LogP contribution in [0.2, 0.25) is 0 Å². The van der Waals surface area contributed by atoms with E-state index in [0.717, 1.165) is 45.3 Å². The maximum atomic E-state index is 12.7. The fourth-order valence-electron chi connectivity index (χ4n) is 3.77. The van der Waals surface area contributed by atoms with E-state index in [2.05, 4.69) is 34.3 Å². The Bertz CT molecular complexity index is 933. The number of benzene rings is 2. The molecule has 3 N–H and O–H groups in total. The van der Waals surface area contributed by atoms with E-state index in [0.29, 0.717) is 5.56 Å². The maximum Gasteiger partial charge on any atom is 0.251 e. The monoisotopic (exact) mass is 414 g/mol. The van der Waals surface area contributed by atoms with Crippen molar-refractivity contribution in [2.24, 2.45) is 0 Å². The fraction of sp³-hybridized carbons (Fsp3) is 0.409. The van der Waals surface area contributed by atoms with Crippen molar-refractivity contribution in [1.29, 1.82) is 0 Å². The molecule has 1 heterocycles. The number of likely N-dealkylation sites (tertiary alicyclic amines) is 1. The highest BCUT2D eigenvalue weighted by atomic mass is 32.2. The molecule has 6 nitrogen and oxygen atoms in total. The Labute approximate surface area is 172 Å². The van der Waals surface area contributed by atoms with Gasteiger partial charge in [-0.15, -0.1) is 0 Å². The molecule has 154 valence electrons. The summed E-state index contributed by atoms with van der Waals surface area (Å²) in [6.07, 6.45) is 3.69. The minimum absolute atomic E-state index is 0.0441. The van der Waals surface area contributed by atoms with Gasteiger partial charge in [-0.1, -0.05) is 30.3 Å². The predicted octanol–water partition coefficient (Wildman–Crippen LogP) is 1.10. The van der Waals surface area contributed by atoms with Crippen LogP contribution in [0.1, 0.15) is 41.6 Å². The standard InChI is InChI=1S/C22H27N3O3S/c26-22(23-19-8-9-19)18-6-10-21(11-7-18)29(27,28)24-20-12-14-25(15-13-20)16-17-4-2-1-3-5-17/h1-7,10-11,19-20,24H,8-9,12-16H2,(H,23,26)/p+1. The van der Waals surface area contributed by atoms with Crippen LogP contribution in [-0.2, 0) is 16.6 Å². The van der Waals surface area contributed by atoms with Crippen molar-refractivity contribution in [3.8, 4) is 0 Å². The van der Waals surface area contributed by atoms with Gasteiger partial charge in [0.25, 0.3) is 5.91 Å². The fourth-order valence-corrected chi connectivity index (χ4v) is 5.08. The van der Waals surface area contributed by atoms with E-state index in [1.165, 1.54) is 22.6 Å². The number of hydrogen-bond donors (Lipinski definition) is 3. The van der Waals surface area contributed by atoms with E-state index in [1.807, 2.05) is 6.07 Å². The smallest absolute Gasteiger partial charge is 0.251 e. The number of nitrogens with one attached hydrogen (secondary N) is 3. The van der Waals surface area contributed by atoms with Gasteiger partial charge in [0.2, 0.25) is 10.0 Å². The molecule has 1 aliphatic carbocycles. The first kappa shape index (κ1) is 20.1. The lowest BCUT2D eigenvalue weighted by molar-refractivity contribution is -0.918. The van der Waals surface area contributed by atoms with E-state index in [9.17, 15) is 13.2 Å². The van der Waals surface area contributed by atoms with Crippen molar-refractivity contribution in [3.05, 3.63) is 65.7 Å². The lowest BCUT2D eigenvalue weighted by Gasteiger charge is -2.29. The summed E-state index contributed by atoms with van der Waals surface area (Å²) >= 11 is 0. The van der Waals surface area contributed by atoms with Gasteiger partial charge in [0, 0.05) is 36.1 Å². The molecule has 0 spiro atoms. The van der Waals surface area contributed by atoms with Gasteiger partial charge in [0.15, 0.2) is 0 Å². The molecular formula is C22H28N3O3S+. The van der Waals surface area contributed by atoms with Gasteiger partial charge in [-0.25, -0.2) is 13.1 Å². The molecule has 2 fully saturated rings. The van der Waals surface area contributed by atoms with Crippen LogP contribution in [0.3, 0.4) is 0 Å². The second kappa shape index (κ2) is 8.65. The lowest BCUT2D eigenvalue weighted by atomic mass is 10.1. The highest BCUT2D eigenvalue weighted by Gasteiger charge is 2.27. The zero-order valence-corrected chi connectivity index (χ0v) is 17.3. The van der Waals surface area contributed by atoms with Gasteiger partial charge in [-0.2, -0.15) is 0 Å². The lowest BCUT2D eigenvalue weighted by Crippen LogP contribution is -3.12. The van der Waals surface area contributed by atoms with Crippen LogP contribution < -0.4 is 14.9 Å². The molecular weight excluding hydrogens is 386 g/mol. The first-order valence-corrected chi connectivity index (χ1v) is 11.8. The van der Waals surface area contributed by atoms with Crippen molar-refractivity contribution >= 4 is 15.9 Å². The van der Waals surface area contributed by atoms with Crippen molar-refractivity contribution in [2.75, 3.05) is 13.1 Å². The molecule has 2 aliphatic rings. The number of sulfonamides is 1. The minimum Gasteiger partial charge on any atom is -0.349 e. The number of carbonyl (C=O) groups excluding carboxylic acids is 1. The molecule has 4 rings (SSSR count). The van der Waals surface area contributed by atoms with E-state index in [-0.39, 0.29) is 22.9 Å². The summed E-state index contributed by atoms with van der Waals surface area (Å²) in [5, 5.41) is 2.91. The second-order valence-electron chi connectivity index (χ2n) is 8.08. The third-order valence-electron chi connectivity index (χ3n) is 5.65. The zero-order valence-electron chi connectivity index (χ0n) is 16.4. The van der Waals surface area contributed by atoms with Crippen LogP contribution in [0.5, 0.6) is 0 Å². The molecule has 29 heavy (non-hydrogen) atoms. The molecule has 7 heteroatoms. The SMILES string of the molecule is O=C(NC1CC1)c1ccc(S(=O)(=O)NC2CC[NH+](Cc3ccccc3)CC2)cc1. The first-order chi connectivity index (χ1) is 14.0. The van der Waals surface area contributed by atoms with Crippen LogP contribution in [0.25, 0.3) is 0 Å². The third kappa shape index (κ3) is 5.44. The van der Waals surface area contributed by atoms with Crippen molar-refractivity contribution in [3.63, 3.8) is 0 Å². The summed E-state index contributed by atoms with van der Waals surface area (Å²) in [6.45, 7) is 2.87. The predicted molar refractivity (Wildman–Crippen MR) is 111 cm³/mol. The topological polar surface area (TPSA) is 79.7 Å². The van der Waals surface area contributed by atoms with Crippen LogP contribution in [0.15, 0.2) is 59.5 Å². The van der Waals surface area contributed by atoms with Gasteiger partial charge < -0.3 is 10.2 Å². The molecule has 2 aromatic carbocycles. The number of amides is 1. The Morgan fingerprint density at radius 3 is 2.17 bits per heavy atom. The Morgan fingerprint density at radius 2 is 1.55 bits per heavy atom. The zero-order chi connectivity index (χ0) is 20.3. The van der Waals surface area contributed by atoms with Crippen molar-refractivity contribution in [2.45, 2.75) is 49.2 Å². The molecule has 0 aromatic heterocycles. The van der Waals surface area contributed by atoms with Gasteiger partial charge in [0.1, 0.15) is 6.54 Å². The molecule has 1 amide bonds. The first-order valence-electron chi connectivity index (χ1n) is 10.3. The normalized spacial score (nSPS) is 22.2. The highest BCUT2D eigenvalue weighted by molar-refractivity contribution is 7.89. The van der Waals surface area contributed by atoms with Gasteiger partial charge in [-0.05, 0) is 37.1 Å². The summed E-state index contributed by atoms with van der Waals surface area (Å²) in [5.74, 6) is -0.141. The largest absolute Gasteiger partial charge is 0.349 e. The minimum atomic E-state index is -3.58. The molecule has 1 saturated heterocycles. The molecule has 1 saturated carbocycles. The Kier molecular flexibility index (Phi) is 5.99. The van der Waals surface area contributed by atoms with E-state index >= 15 is 0 Å². The summed E-state index contributed by atoms with van der Waals surface area (Å²) in [6, 6.07) is 16.8.